The number of anilines is 2. The van der Waals surface area contributed by atoms with Gasteiger partial charge in [0.15, 0.2) is 0 Å². The van der Waals surface area contributed by atoms with Crippen LogP contribution in [0.1, 0.15) is 5.56 Å². The molecule has 3 rings (SSSR count). The van der Waals surface area contributed by atoms with Gasteiger partial charge >= 0.3 is 0 Å². The Bertz CT molecular complexity index is 811. The molecule has 2 heterocycles. The molecule has 0 atom stereocenters. The Kier molecular flexibility index (Phi) is 5.92. The van der Waals surface area contributed by atoms with Gasteiger partial charge in [-0.3, -0.25) is 4.98 Å². The van der Waals surface area contributed by atoms with Crippen molar-refractivity contribution in [3.05, 3.63) is 64.8 Å². The van der Waals surface area contributed by atoms with Crippen LogP contribution in [-0.4, -0.2) is 33.2 Å². The highest BCUT2D eigenvalue weighted by Gasteiger charge is 2.07. The van der Waals surface area contributed by atoms with Crippen molar-refractivity contribution < 1.29 is 5.11 Å². The first-order chi connectivity index (χ1) is 12.2. The van der Waals surface area contributed by atoms with Gasteiger partial charge in [0.05, 0.1) is 18.0 Å². The van der Waals surface area contributed by atoms with Crippen molar-refractivity contribution in [1.82, 2.24) is 15.0 Å². The van der Waals surface area contributed by atoms with E-state index in [-0.39, 0.29) is 6.61 Å². The van der Waals surface area contributed by atoms with Crippen LogP contribution >= 0.6 is 15.9 Å². The molecular formula is C18H18BrN5O. The average molecular weight is 400 g/mol. The molecule has 0 radical (unpaired) electrons. The molecule has 3 aromatic rings. The van der Waals surface area contributed by atoms with Crippen molar-refractivity contribution >= 4 is 27.7 Å². The molecule has 0 saturated carbocycles. The fourth-order valence-corrected chi connectivity index (χ4v) is 2.49. The highest BCUT2D eigenvalue weighted by Crippen LogP contribution is 2.20. The number of aliphatic hydroxyl groups excluding tert-OH is 1. The Labute approximate surface area is 154 Å². The van der Waals surface area contributed by atoms with Gasteiger partial charge in [0.1, 0.15) is 5.82 Å². The number of nitrogens with one attached hydrogen (secondary N) is 2. The summed E-state index contributed by atoms with van der Waals surface area (Å²) >= 11 is 3.43. The molecule has 1 aromatic carbocycles. The number of aromatic nitrogens is 3. The van der Waals surface area contributed by atoms with E-state index in [0.29, 0.717) is 30.5 Å². The van der Waals surface area contributed by atoms with Crippen LogP contribution in [0.5, 0.6) is 0 Å². The van der Waals surface area contributed by atoms with E-state index >= 15 is 0 Å². The average Bonchev–Trinajstić information content (AvgIpc) is 2.66. The maximum atomic E-state index is 9.01. The summed E-state index contributed by atoms with van der Waals surface area (Å²) in [5, 5.41) is 15.3. The van der Waals surface area contributed by atoms with Gasteiger partial charge in [0, 0.05) is 29.8 Å². The molecule has 0 fully saturated rings. The van der Waals surface area contributed by atoms with E-state index in [1.165, 1.54) is 0 Å². The molecule has 7 heteroatoms. The third-order valence-electron chi connectivity index (χ3n) is 3.44. The fraction of sp³-hybridized carbons (Fsp3) is 0.167. The first-order valence-electron chi connectivity index (χ1n) is 7.88. The summed E-state index contributed by atoms with van der Waals surface area (Å²) in [6, 6.07) is 15.6. The zero-order chi connectivity index (χ0) is 17.5. The molecule has 128 valence electrons. The summed E-state index contributed by atoms with van der Waals surface area (Å²) < 4.78 is 1.05. The molecule has 0 bridgehead atoms. The van der Waals surface area contributed by atoms with E-state index < -0.39 is 0 Å². The van der Waals surface area contributed by atoms with E-state index in [9.17, 15) is 0 Å². The van der Waals surface area contributed by atoms with E-state index in [2.05, 4.69) is 41.5 Å². The monoisotopic (exact) mass is 399 g/mol. The number of nitrogens with zero attached hydrogens (tertiary/aromatic N) is 3. The van der Waals surface area contributed by atoms with Crippen LogP contribution in [0.25, 0.3) is 11.4 Å². The van der Waals surface area contributed by atoms with Gasteiger partial charge in [0.25, 0.3) is 0 Å². The molecule has 0 unspecified atom stereocenters. The maximum Gasteiger partial charge on any atom is 0.225 e. The van der Waals surface area contributed by atoms with E-state index in [1.807, 2.05) is 48.5 Å². The van der Waals surface area contributed by atoms with Crippen molar-refractivity contribution in [2.75, 3.05) is 23.8 Å². The maximum absolute atomic E-state index is 9.01. The van der Waals surface area contributed by atoms with Crippen LogP contribution in [0.4, 0.5) is 11.8 Å². The molecule has 0 spiro atoms. The molecule has 0 amide bonds. The van der Waals surface area contributed by atoms with Crippen molar-refractivity contribution in [2.45, 2.75) is 6.54 Å². The zero-order valence-corrected chi connectivity index (χ0v) is 15.1. The third-order valence-corrected chi connectivity index (χ3v) is 3.96. The second-order valence-corrected chi connectivity index (χ2v) is 6.22. The molecule has 25 heavy (non-hydrogen) atoms. The zero-order valence-electron chi connectivity index (χ0n) is 13.5. The number of hydrogen-bond donors (Lipinski definition) is 3. The van der Waals surface area contributed by atoms with Gasteiger partial charge in [0.2, 0.25) is 5.95 Å². The minimum absolute atomic E-state index is 0.0127. The normalized spacial score (nSPS) is 10.5. The number of halogens is 1. The van der Waals surface area contributed by atoms with Crippen LogP contribution in [0.2, 0.25) is 0 Å². The summed E-state index contributed by atoms with van der Waals surface area (Å²) in [6.45, 7) is 1.04. The van der Waals surface area contributed by atoms with Gasteiger partial charge in [-0.2, -0.15) is 4.98 Å². The second kappa shape index (κ2) is 8.55. The SMILES string of the molecule is OCCNc1nc(NCc2ccc(Br)cc2)cc(-c2ccccn2)n1. The summed E-state index contributed by atoms with van der Waals surface area (Å²) in [5.41, 5.74) is 2.63. The molecule has 2 aromatic heterocycles. The largest absolute Gasteiger partial charge is 0.395 e. The lowest BCUT2D eigenvalue weighted by molar-refractivity contribution is 0.311. The molecule has 3 N–H and O–H groups in total. The van der Waals surface area contributed by atoms with Gasteiger partial charge in [-0.05, 0) is 29.8 Å². The first kappa shape index (κ1) is 17.3. The molecular weight excluding hydrogens is 382 g/mol. The third kappa shape index (κ3) is 4.98. The number of hydrogen-bond acceptors (Lipinski definition) is 6. The van der Waals surface area contributed by atoms with Gasteiger partial charge in [-0.15, -0.1) is 0 Å². The highest BCUT2D eigenvalue weighted by atomic mass is 79.9. The summed E-state index contributed by atoms with van der Waals surface area (Å²) in [5.74, 6) is 1.15. The lowest BCUT2D eigenvalue weighted by atomic mass is 10.2. The smallest absolute Gasteiger partial charge is 0.225 e. The van der Waals surface area contributed by atoms with Crippen LogP contribution in [0.3, 0.4) is 0 Å². The van der Waals surface area contributed by atoms with E-state index in [1.54, 1.807) is 6.20 Å². The van der Waals surface area contributed by atoms with Crippen LogP contribution in [-0.2, 0) is 6.54 Å². The topological polar surface area (TPSA) is 83.0 Å². The summed E-state index contributed by atoms with van der Waals surface area (Å²) in [4.78, 5) is 13.3. The number of rotatable bonds is 7. The van der Waals surface area contributed by atoms with Gasteiger partial charge in [-0.1, -0.05) is 34.1 Å². The quantitative estimate of drug-likeness (QED) is 0.565. The molecule has 6 nitrogen and oxygen atoms in total. The van der Waals surface area contributed by atoms with Crippen LogP contribution in [0.15, 0.2) is 59.2 Å². The predicted octanol–water partition coefficient (Wildman–Crippen LogP) is 3.32. The standard InChI is InChI=1S/C18H18BrN5O/c19-14-6-4-13(5-7-14)12-22-17-11-16(15-3-1-2-8-20-15)23-18(24-17)21-9-10-25/h1-8,11,25H,9-10,12H2,(H2,21,22,23,24). The minimum Gasteiger partial charge on any atom is -0.395 e. The number of benzene rings is 1. The lowest BCUT2D eigenvalue weighted by Gasteiger charge is -2.11. The van der Waals surface area contributed by atoms with Gasteiger partial charge < -0.3 is 15.7 Å². The van der Waals surface area contributed by atoms with E-state index in [4.69, 9.17) is 5.11 Å². The Morgan fingerprint density at radius 2 is 1.80 bits per heavy atom. The van der Waals surface area contributed by atoms with Crippen LogP contribution < -0.4 is 10.6 Å². The van der Waals surface area contributed by atoms with Gasteiger partial charge in [-0.25, -0.2) is 4.98 Å². The fourth-order valence-electron chi connectivity index (χ4n) is 2.22. The Hall–Kier alpha value is -2.51. The Morgan fingerprint density at radius 1 is 0.960 bits per heavy atom. The van der Waals surface area contributed by atoms with Crippen molar-refractivity contribution in [1.29, 1.82) is 0 Å². The first-order valence-corrected chi connectivity index (χ1v) is 8.67. The molecule has 0 aliphatic heterocycles. The van der Waals surface area contributed by atoms with Crippen molar-refractivity contribution in [3.8, 4) is 11.4 Å². The Balaban J connectivity index is 1.82. The highest BCUT2D eigenvalue weighted by molar-refractivity contribution is 9.10. The van der Waals surface area contributed by atoms with Crippen molar-refractivity contribution in [2.24, 2.45) is 0 Å². The lowest BCUT2D eigenvalue weighted by Crippen LogP contribution is -2.11. The van der Waals surface area contributed by atoms with E-state index in [0.717, 1.165) is 15.7 Å². The second-order valence-electron chi connectivity index (χ2n) is 5.31. The summed E-state index contributed by atoms with van der Waals surface area (Å²) in [7, 11) is 0. The molecule has 0 aliphatic rings. The van der Waals surface area contributed by atoms with Crippen molar-refractivity contribution in [3.63, 3.8) is 0 Å². The number of pyridine rings is 1. The number of aliphatic hydroxyl groups is 1. The van der Waals surface area contributed by atoms with Crippen LogP contribution in [0, 0.1) is 0 Å². The molecule has 0 aliphatic carbocycles. The molecule has 0 saturated heterocycles. The Morgan fingerprint density at radius 3 is 2.52 bits per heavy atom. The summed E-state index contributed by atoms with van der Waals surface area (Å²) in [6.07, 6.45) is 1.73. The predicted molar refractivity (Wildman–Crippen MR) is 102 cm³/mol. The minimum atomic E-state index is 0.0127.